The molecule has 0 fully saturated rings. The number of allylic oxidation sites excluding steroid dienone is 1. The summed E-state index contributed by atoms with van der Waals surface area (Å²) in [4.78, 5) is 0. The van der Waals surface area contributed by atoms with Gasteiger partial charge in [0.05, 0.1) is 0 Å². The Kier molecular flexibility index (Phi) is 5.42. The van der Waals surface area contributed by atoms with Crippen molar-refractivity contribution in [2.24, 2.45) is 23.3 Å². The average Bonchev–Trinajstić information content (AvgIpc) is 2.14. The van der Waals surface area contributed by atoms with E-state index in [4.69, 9.17) is 16.9 Å². The van der Waals surface area contributed by atoms with Crippen LogP contribution in [0.2, 0.25) is 0 Å². The van der Waals surface area contributed by atoms with Gasteiger partial charge < -0.3 is 16.6 Å². The number of hydrogen-bond donors (Lipinski definition) is 4. The normalized spacial score (nSPS) is 19.4. The molecule has 4 heteroatoms. The van der Waals surface area contributed by atoms with Crippen LogP contribution in [0.3, 0.4) is 0 Å². The second-order valence-electron chi connectivity index (χ2n) is 3.84. The van der Waals surface area contributed by atoms with Gasteiger partial charge in [-0.1, -0.05) is 19.9 Å². The molecule has 4 atom stereocenters. The molecule has 0 radical (unpaired) electrons. The lowest BCUT2D eigenvalue weighted by molar-refractivity contribution is 0.157. The Hall–Kier alpha value is -0.870. The van der Waals surface area contributed by atoms with Gasteiger partial charge in [-0.05, 0) is 18.3 Å². The number of rotatable bonds is 6. The molecule has 0 bridgehead atoms. The van der Waals surface area contributed by atoms with Crippen molar-refractivity contribution in [2.45, 2.75) is 32.4 Å². The van der Waals surface area contributed by atoms with Crippen LogP contribution in [-0.4, -0.2) is 23.1 Å². The molecule has 0 unspecified atom stereocenters. The first kappa shape index (κ1) is 13.1. The van der Waals surface area contributed by atoms with Crippen LogP contribution in [-0.2, 0) is 0 Å². The summed E-state index contributed by atoms with van der Waals surface area (Å²) < 4.78 is 0. The number of amidine groups is 1. The molecule has 0 saturated carbocycles. The van der Waals surface area contributed by atoms with Gasteiger partial charge in [0.25, 0.3) is 0 Å². The van der Waals surface area contributed by atoms with Gasteiger partial charge in [-0.15, -0.1) is 6.58 Å². The van der Waals surface area contributed by atoms with Gasteiger partial charge in [0, 0.05) is 6.04 Å². The third-order valence-electron chi connectivity index (χ3n) is 2.73. The fourth-order valence-electron chi connectivity index (χ4n) is 1.35. The fourth-order valence-corrected chi connectivity index (χ4v) is 1.35. The molecule has 0 rings (SSSR count). The molecule has 0 aliphatic rings. The van der Waals surface area contributed by atoms with Crippen molar-refractivity contribution in [1.29, 1.82) is 5.41 Å². The molecule has 0 amide bonds. The van der Waals surface area contributed by atoms with E-state index in [0.717, 1.165) is 6.42 Å². The third-order valence-corrected chi connectivity index (χ3v) is 2.73. The summed E-state index contributed by atoms with van der Waals surface area (Å²) in [6, 6.07) is -0.484. The van der Waals surface area contributed by atoms with Gasteiger partial charge in [0.1, 0.15) is 11.9 Å². The van der Waals surface area contributed by atoms with E-state index in [9.17, 15) is 5.11 Å². The molecule has 14 heavy (non-hydrogen) atoms. The van der Waals surface area contributed by atoms with Gasteiger partial charge in [-0.3, -0.25) is 5.41 Å². The molecular weight excluding hydrogens is 178 g/mol. The van der Waals surface area contributed by atoms with Crippen LogP contribution in [0.15, 0.2) is 12.7 Å². The van der Waals surface area contributed by atoms with E-state index < -0.39 is 12.1 Å². The minimum atomic E-state index is -1.04. The maximum absolute atomic E-state index is 9.48. The Labute approximate surface area is 85.5 Å². The summed E-state index contributed by atoms with van der Waals surface area (Å²) >= 11 is 0. The molecule has 0 spiro atoms. The van der Waals surface area contributed by atoms with E-state index >= 15 is 0 Å². The van der Waals surface area contributed by atoms with Crippen LogP contribution in [0.1, 0.15) is 20.3 Å². The zero-order chi connectivity index (χ0) is 11.3. The molecule has 0 aliphatic heterocycles. The molecule has 0 heterocycles. The lowest BCUT2D eigenvalue weighted by atomic mass is 9.84. The average molecular weight is 199 g/mol. The summed E-state index contributed by atoms with van der Waals surface area (Å²) in [6.07, 6.45) is 1.63. The van der Waals surface area contributed by atoms with Crippen molar-refractivity contribution in [1.82, 2.24) is 0 Å². The Morgan fingerprint density at radius 2 is 2.07 bits per heavy atom. The molecule has 0 aromatic carbocycles. The second-order valence-corrected chi connectivity index (χ2v) is 3.84. The number of hydrogen-bond acceptors (Lipinski definition) is 3. The second kappa shape index (κ2) is 5.78. The van der Waals surface area contributed by atoms with E-state index in [2.05, 4.69) is 6.58 Å². The minimum absolute atomic E-state index is 0.104. The Bertz CT molecular complexity index is 206. The van der Waals surface area contributed by atoms with Gasteiger partial charge in [0.15, 0.2) is 0 Å². The maximum atomic E-state index is 9.48. The minimum Gasteiger partial charge on any atom is -0.385 e. The standard InChI is InChI=1S/C10H21N3O/c1-4-5-6(2)7(3)8(11)9(14)10(12)13/h4,6-9,14H,1,5,11H2,2-3H3,(H3,12,13)/t6-,7-,8+,9-/m1/s1. The zero-order valence-corrected chi connectivity index (χ0v) is 8.90. The van der Waals surface area contributed by atoms with Crippen molar-refractivity contribution in [2.75, 3.05) is 0 Å². The van der Waals surface area contributed by atoms with Gasteiger partial charge in [-0.2, -0.15) is 0 Å². The number of nitrogens with one attached hydrogen (secondary N) is 1. The molecule has 0 aromatic rings. The number of aliphatic hydroxyl groups is 1. The predicted molar refractivity (Wildman–Crippen MR) is 59.0 cm³/mol. The summed E-state index contributed by atoms with van der Waals surface area (Å²) in [5.74, 6) is 0.165. The maximum Gasteiger partial charge on any atom is 0.126 e. The smallest absolute Gasteiger partial charge is 0.126 e. The van der Waals surface area contributed by atoms with E-state index in [0.29, 0.717) is 5.92 Å². The lowest BCUT2D eigenvalue weighted by Crippen LogP contribution is -2.48. The fraction of sp³-hybridized carbons (Fsp3) is 0.700. The van der Waals surface area contributed by atoms with Crippen molar-refractivity contribution in [3.8, 4) is 0 Å². The Balaban J connectivity index is 4.29. The van der Waals surface area contributed by atoms with Crippen molar-refractivity contribution >= 4 is 5.84 Å². The highest BCUT2D eigenvalue weighted by Gasteiger charge is 2.26. The highest BCUT2D eigenvalue weighted by molar-refractivity contribution is 5.82. The number of aliphatic hydroxyl groups excluding tert-OH is 1. The van der Waals surface area contributed by atoms with Crippen molar-refractivity contribution in [3.05, 3.63) is 12.7 Å². The molecule has 6 N–H and O–H groups in total. The van der Waals surface area contributed by atoms with Crippen LogP contribution in [0.4, 0.5) is 0 Å². The van der Waals surface area contributed by atoms with Crippen LogP contribution < -0.4 is 11.5 Å². The van der Waals surface area contributed by atoms with E-state index in [1.165, 1.54) is 0 Å². The molecule has 0 saturated heterocycles. The van der Waals surface area contributed by atoms with Crippen LogP contribution in [0, 0.1) is 17.2 Å². The molecule has 4 nitrogen and oxygen atoms in total. The Morgan fingerprint density at radius 3 is 2.43 bits per heavy atom. The van der Waals surface area contributed by atoms with E-state index in [1.807, 2.05) is 19.9 Å². The van der Waals surface area contributed by atoms with Gasteiger partial charge >= 0.3 is 0 Å². The number of nitrogens with two attached hydrogens (primary N) is 2. The summed E-state index contributed by atoms with van der Waals surface area (Å²) in [5.41, 5.74) is 11.0. The molecule has 82 valence electrons. The monoisotopic (exact) mass is 199 g/mol. The molecular formula is C10H21N3O. The largest absolute Gasteiger partial charge is 0.385 e. The highest BCUT2D eigenvalue weighted by Crippen LogP contribution is 2.19. The van der Waals surface area contributed by atoms with Crippen LogP contribution in [0.5, 0.6) is 0 Å². The van der Waals surface area contributed by atoms with Crippen LogP contribution >= 0.6 is 0 Å². The lowest BCUT2D eigenvalue weighted by Gasteiger charge is -2.28. The van der Waals surface area contributed by atoms with E-state index in [1.54, 1.807) is 0 Å². The first-order chi connectivity index (χ1) is 6.41. The zero-order valence-electron chi connectivity index (χ0n) is 8.90. The molecule has 0 aromatic heterocycles. The van der Waals surface area contributed by atoms with Gasteiger partial charge in [0.2, 0.25) is 0 Å². The van der Waals surface area contributed by atoms with Crippen LogP contribution in [0.25, 0.3) is 0 Å². The summed E-state index contributed by atoms with van der Waals surface area (Å²) in [6.45, 7) is 7.64. The summed E-state index contributed by atoms with van der Waals surface area (Å²) in [5, 5.41) is 16.6. The molecule has 0 aliphatic carbocycles. The third kappa shape index (κ3) is 3.47. The highest BCUT2D eigenvalue weighted by atomic mass is 16.3. The first-order valence-corrected chi connectivity index (χ1v) is 4.80. The van der Waals surface area contributed by atoms with Crippen molar-refractivity contribution in [3.63, 3.8) is 0 Å². The van der Waals surface area contributed by atoms with E-state index in [-0.39, 0.29) is 11.8 Å². The Morgan fingerprint density at radius 1 is 1.57 bits per heavy atom. The SMILES string of the molecule is C=CC[C@@H](C)[C@@H](C)[C@H](N)[C@@H](O)C(=N)N. The first-order valence-electron chi connectivity index (χ1n) is 4.80. The van der Waals surface area contributed by atoms with Crippen molar-refractivity contribution < 1.29 is 5.11 Å². The predicted octanol–water partition coefficient (Wildman–Crippen LogP) is 0.459. The topological polar surface area (TPSA) is 96.1 Å². The quantitative estimate of drug-likeness (QED) is 0.284. The van der Waals surface area contributed by atoms with Gasteiger partial charge in [-0.25, -0.2) is 0 Å². The summed E-state index contributed by atoms with van der Waals surface area (Å²) in [7, 11) is 0.